The molecule has 2 rings (SSSR count). The van der Waals surface area contributed by atoms with Crippen molar-refractivity contribution in [3.63, 3.8) is 0 Å². The molecule has 1 aliphatic rings. The molecule has 1 aromatic heterocycles. The highest BCUT2D eigenvalue weighted by molar-refractivity contribution is 6.21. The topological polar surface area (TPSA) is 42.0 Å². The lowest BCUT2D eigenvalue weighted by Gasteiger charge is -2.20. The van der Waals surface area contributed by atoms with E-state index >= 15 is 0 Å². The predicted molar refractivity (Wildman–Crippen MR) is 73.0 cm³/mol. The number of aryl methyl sites for hydroxylation is 1. The van der Waals surface area contributed by atoms with Crippen LogP contribution in [0, 0.1) is 6.92 Å². The molecule has 3 nitrogen and oxygen atoms in total. The first-order valence-corrected chi connectivity index (χ1v) is 6.99. The van der Waals surface area contributed by atoms with Gasteiger partial charge < -0.3 is 5.32 Å². The molecule has 98 valence electrons. The van der Waals surface area contributed by atoms with Gasteiger partial charge in [0.2, 0.25) is 0 Å². The van der Waals surface area contributed by atoms with Crippen LogP contribution in [0.2, 0.25) is 0 Å². The van der Waals surface area contributed by atoms with E-state index in [-0.39, 0.29) is 17.3 Å². The lowest BCUT2D eigenvalue weighted by molar-refractivity contribution is 0.0929. The van der Waals surface area contributed by atoms with Crippen molar-refractivity contribution >= 4 is 17.5 Å². The minimum absolute atomic E-state index is 0.0428. The van der Waals surface area contributed by atoms with Gasteiger partial charge in [0.25, 0.3) is 5.91 Å². The van der Waals surface area contributed by atoms with Gasteiger partial charge in [-0.2, -0.15) is 0 Å². The largest absolute Gasteiger partial charge is 0.346 e. The van der Waals surface area contributed by atoms with Crippen LogP contribution in [0.3, 0.4) is 0 Å². The van der Waals surface area contributed by atoms with Crippen molar-refractivity contribution in [2.24, 2.45) is 0 Å². The molecule has 1 fully saturated rings. The highest BCUT2D eigenvalue weighted by Crippen LogP contribution is 2.22. The molecule has 1 amide bonds. The summed E-state index contributed by atoms with van der Waals surface area (Å²) in [6, 6.07) is 5.54. The summed E-state index contributed by atoms with van der Waals surface area (Å²) in [5.41, 5.74) is 1.33. The maximum atomic E-state index is 12.1. The first-order valence-electron chi connectivity index (χ1n) is 6.55. The summed E-state index contributed by atoms with van der Waals surface area (Å²) >= 11 is 6.31. The molecule has 0 saturated heterocycles. The zero-order chi connectivity index (χ0) is 13.0. The number of halogens is 1. The molecule has 4 heteroatoms. The Labute approximate surface area is 113 Å². The second kappa shape index (κ2) is 6.19. The monoisotopic (exact) mass is 266 g/mol. The third-order valence-corrected chi connectivity index (χ3v) is 3.89. The number of rotatable bonds is 2. The van der Waals surface area contributed by atoms with E-state index < -0.39 is 0 Å². The Morgan fingerprint density at radius 1 is 1.33 bits per heavy atom. The van der Waals surface area contributed by atoms with Crippen molar-refractivity contribution in [3.8, 4) is 0 Å². The summed E-state index contributed by atoms with van der Waals surface area (Å²) < 4.78 is 0. The van der Waals surface area contributed by atoms with Crippen molar-refractivity contribution in [2.45, 2.75) is 50.4 Å². The fourth-order valence-electron chi connectivity index (χ4n) is 2.34. The Hall–Kier alpha value is -1.09. The molecule has 0 aliphatic heterocycles. The van der Waals surface area contributed by atoms with Crippen molar-refractivity contribution in [2.75, 3.05) is 0 Å². The minimum Gasteiger partial charge on any atom is -0.346 e. The van der Waals surface area contributed by atoms with Crippen molar-refractivity contribution < 1.29 is 4.79 Å². The summed E-state index contributed by atoms with van der Waals surface area (Å²) in [4.78, 5) is 16.3. The van der Waals surface area contributed by atoms with Gasteiger partial charge in [-0.15, -0.1) is 11.6 Å². The molecule has 1 N–H and O–H groups in total. The van der Waals surface area contributed by atoms with Gasteiger partial charge in [0, 0.05) is 11.7 Å². The molecule has 0 bridgehead atoms. The summed E-state index contributed by atoms with van der Waals surface area (Å²) in [7, 11) is 0. The first-order chi connectivity index (χ1) is 8.66. The number of pyridine rings is 1. The standard InChI is InChI=1S/C14H19ClN2O/c1-10-6-5-9-13(16-10)14(18)17-12-8-4-2-3-7-11(12)15/h5-6,9,11-12H,2-4,7-8H2,1H3,(H,17,18). The molecule has 0 spiro atoms. The second-order valence-corrected chi connectivity index (χ2v) is 5.46. The first kappa shape index (κ1) is 13.3. The lowest BCUT2D eigenvalue weighted by Crippen LogP contribution is -2.40. The van der Waals surface area contributed by atoms with Crippen LogP contribution in [-0.4, -0.2) is 22.3 Å². The van der Waals surface area contributed by atoms with E-state index in [4.69, 9.17) is 11.6 Å². The van der Waals surface area contributed by atoms with Gasteiger partial charge in [0.15, 0.2) is 0 Å². The fraction of sp³-hybridized carbons (Fsp3) is 0.571. The number of carbonyl (C=O) groups excluding carboxylic acids is 1. The molecule has 1 aliphatic carbocycles. The van der Waals surface area contributed by atoms with Gasteiger partial charge >= 0.3 is 0 Å². The van der Waals surface area contributed by atoms with E-state index in [2.05, 4.69) is 10.3 Å². The van der Waals surface area contributed by atoms with Crippen LogP contribution < -0.4 is 5.32 Å². The Balaban J connectivity index is 2.01. The van der Waals surface area contributed by atoms with E-state index in [9.17, 15) is 4.79 Å². The number of amides is 1. The van der Waals surface area contributed by atoms with E-state index in [0.29, 0.717) is 5.69 Å². The average Bonchev–Trinajstić information content (AvgIpc) is 2.55. The molecule has 1 aromatic rings. The Kier molecular flexibility index (Phi) is 4.59. The summed E-state index contributed by atoms with van der Waals surface area (Å²) in [5, 5.41) is 3.06. The normalized spacial score (nSPS) is 24.3. The van der Waals surface area contributed by atoms with E-state index in [1.54, 1.807) is 6.07 Å². The van der Waals surface area contributed by atoms with Crippen LogP contribution in [0.5, 0.6) is 0 Å². The Bertz CT molecular complexity index is 422. The molecule has 1 saturated carbocycles. The van der Waals surface area contributed by atoms with Crippen molar-refractivity contribution in [1.82, 2.24) is 10.3 Å². The summed E-state index contributed by atoms with van der Waals surface area (Å²) in [6.45, 7) is 1.88. The molecule has 0 aromatic carbocycles. The van der Waals surface area contributed by atoms with Crippen LogP contribution >= 0.6 is 11.6 Å². The second-order valence-electron chi connectivity index (χ2n) is 4.90. The van der Waals surface area contributed by atoms with E-state index in [1.807, 2.05) is 19.1 Å². The number of alkyl halides is 1. The van der Waals surface area contributed by atoms with Crippen LogP contribution in [-0.2, 0) is 0 Å². The third-order valence-electron chi connectivity index (χ3n) is 3.37. The Morgan fingerprint density at radius 2 is 2.11 bits per heavy atom. The zero-order valence-corrected chi connectivity index (χ0v) is 11.4. The molecular formula is C14H19ClN2O. The number of aromatic nitrogens is 1. The van der Waals surface area contributed by atoms with E-state index in [0.717, 1.165) is 31.4 Å². The highest BCUT2D eigenvalue weighted by Gasteiger charge is 2.24. The SMILES string of the molecule is Cc1cccc(C(=O)NC2CCCCCC2Cl)n1. The lowest BCUT2D eigenvalue weighted by atomic mass is 10.1. The molecule has 1 heterocycles. The molecular weight excluding hydrogens is 248 g/mol. The predicted octanol–water partition coefficient (Wildman–Crippen LogP) is 3.06. The number of hydrogen-bond acceptors (Lipinski definition) is 2. The van der Waals surface area contributed by atoms with Crippen LogP contribution in [0.1, 0.15) is 48.3 Å². The van der Waals surface area contributed by atoms with Gasteiger partial charge in [-0.3, -0.25) is 4.79 Å². The zero-order valence-electron chi connectivity index (χ0n) is 10.7. The Morgan fingerprint density at radius 3 is 2.89 bits per heavy atom. The summed E-state index contributed by atoms with van der Waals surface area (Å²) in [6.07, 6.45) is 5.44. The van der Waals surface area contributed by atoms with Crippen molar-refractivity contribution in [3.05, 3.63) is 29.6 Å². The smallest absolute Gasteiger partial charge is 0.270 e. The van der Waals surface area contributed by atoms with Crippen LogP contribution in [0.15, 0.2) is 18.2 Å². The number of hydrogen-bond donors (Lipinski definition) is 1. The number of nitrogens with zero attached hydrogens (tertiary/aromatic N) is 1. The van der Waals surface area contributed by atoms with Gasteiger partial charge in [-0.25, -0.2) is 4.98 Å². The number of carbonyl (C=O) groups is 1. The van der Waals surface area contributed by atoms with Crippen LogP contribution in [0.25, 0.3) is 0 Å². The molecule has 2 unspecified atom stereocenters. The maximum Gasteiger partial charge on any atom is 0.270 e. The minimum atomic E-state index is -0.115. The third kappa shape index (κ3) is 3.45. The van der Waals surface area contributed by atoms with Gasteiger partial charge in [0.05, 0.1) is 5.38 Å². The van der Waals surface area contributed by atoms with Gasteiger partial charge in [0.1, 0.15) is 5.69 Å². The van der Waals surface area contributed by atoms with Gasteiger partial charge in [-0.1, -0.05) is 25.3 Å². The maximum absolute atomic E-state index is 12.1. The van der Waals surface area contributed by atoms with Gasteiger partial charge in [-0.05, 0) is 31.9 Å². The van der Waals surface area contributed by atoms with Crippen molar-refractivity contribution in [1.29, 1.82) is 0 Å². The molecule has 2 atom stereocenters. The quantitative estimate of drug-likeness (QED) is 0.660. The van der Waals surface area contributed by atoms with Crippen LogP contribution in [0.4, 0.5) is 0 Å². The van der Waals surface area contributed by atoms with E-state index in [1.165, 1.54) is 6.42 Å². The fourth-order valence-corrected chi connectivity index (χ4v) is 2.68. The molecule has 0 radical (unpaired) electrons. The summed E-state index contributed by atoms with van der Waals surface area (Å²) in [5.74, 6) is -0.115. The number of nitrogens with one attached hydrogen (secondary N) is 1. The highest BCUT2D eigenvalue weighted by atomic mass is 35.5. The average molecular weight is 267 g/mol. The molecule has 18 heavy (non-hydrogen) atoms.